The summed E-state index contributed by atoms with van der Waals surface area (Å²) in [5.41, 5.74) is 1.10. The molecule has 0 bridgehead atoms. The SMILES string of the molecule is CCC(CC)Oc1cccc(Cl)c1CNC1CC1. The van der Waals surface area contributed by atoms with Crippen LogP contribution in [0, 0.1) is 0 Å². The summed E-state index contributed by atoms with van der Waals surface area (Å²) in [7, 11) is 0. The van der Waals surface area contributed by atoms with Gasteiger partial charge in [0, 0.05) is 23.2 Å². The summed E-state index contributed by atoms with van der Waals surface area (Å²) < 4.78 is 6.05. The first kappa shape index (κ1) is 13.7. The lowest BCUT2D eigenvalue weighted by molar-refractivity contribution is 0.190. The fraction of sp³-hybridized carbons (Fsp3) is 0.600. The molecule has 0 aromatic heterocycles. The standard InChI is InChI=1S/C15H22ClNO/c1-3-12(4-2)18-15-7-5-6-14(16)13(15)10-17-11-8-9-11/h5-7,11-12,17H,3-4,8-10H2,1-2H3. The molecule has 0 saturated heterocycles. The maximum Gasteiger partial charge on any atom is 0.125 e. The predicted molar refractivity (Wildman–Crippen MR) is 76.3 cm³/mol. The van der Waals surface area contributed by atoms with E-state index in [1.54, 1.807) is 0 Å². The highest BCUT2D eigenvalue weighted by atomic mass is 35.5. The van der Waals surface area contributed by atoms with Gasteiger partial charge in [0.15, 0.2) is 0 Å². The second-order valence-electron chi connectivity index (χ2n) is 4.93. The number of halogens is 1. The van der Waals surface area contributed by atoms with E-state index in [0.29, 0.717) is 6.04 Å². The van der Waals surface area contributed by atoms with Crippen molar-refractivity contribution in [3.05, 3.63) is 28.8 Å². The Hall–Kier alpha value is -0.730. The van der Waals surface area contributed by atoms with Crippen LogP contribution in [0.2, 0.25) is 5.02 Å². The quantitative estimate of drug-likeness (QED) is 0.801. The van der Waals surface area contributed by atoms with Crippen LogP contribution in [0.25, 0.3) is 0 Å². The largest absolute Gasteiger partial charge is 0.490 e. The number of hydrogen-bond acceptors (Lipinski definition) is 2. The van der Waals surface area contributed by atoms with E-state index in [-0.39, 0.29) is 6.10 Å². The monoisotopic (exact) mass is 267 g/mol. The minimum Gasteiger partial charge on any atom is -0.490 e. The van der Waals surface area contributed by atoms with Gasteiger partial charge in [-0.15, -0.1) is 0 Å². The summed E-state index contributed by atoms with van der Waals surface area (Å²) >= 11 is 6.28. The van der Waals surface area contributed by atoms with Gasteiger partial charge < -0.3 is 10.1 Å². The van der Waals surface area contributed by atoms with E-state index >= 15 is 0 Å². The normalized spacial score (nSPS) is 15.1. The van der Waals surface area contributed by atoms with Crippen molar-refractivity contribution in [2.24, 2.45) is 0 Å². The molecule has 18 heavy (non-hydrogen) atoms. The maximum absolute atomic E-state index is 6.28. The molecule has 0 heterocycles. The van der Waals surface area contributed by atoms with Crippen LogP contribution in [-0.4, -0.2) is 12.1 Å². The maximum atomic E-state index is 6.28. The molecule has 2 nitrogen and oxygen atoms in total. The molecule has 1 N–H and O–H groups in total. The molecular formula is C15H22ClNO. The molecule has 0 aliphatic heterocycles. The van der Waals surface area contributed by atoms with Crippen LogP contribution in [0.3, 0.4) is 0 Å². The van der Waals surface area contributed by atoms with Crippen molar-refractivity contribution in [3.63, 3.8) is 0 Å². The first-order valence-electron chi connectivity index (χ1n) is 6.92. The van der Waals surface area contributed by atoms with Gasteiger partial charge in [0.05, 0.1) is 6.10 Å². The molecule has 0 spiro atoms. The summed E-state index contributed by atoms with van der Waals surface area (Å²) in [5.74, 6) is 0.935. The van der Waals surface area contributed by atoms with Crippen LogP contribution in [0.1, 0.15) is 45.1 Å². The molecule has 0 radical (unpaired) electrons. The molecule has 1 aliphatic carbocycles. The van der Waals surface area contributed by atoms with E-state index in [9.17, 15) is 0 Å². The van der Waals surface area contributed by atoms with E-state index in [0.717, 1.165) is 35.7 Å². The van der Waals surface area contributed by atoms with Crippen LogP contribution in [-0.2, 0) is 6.54 Å². The molecule has 1 aromatic carbocycles. The van der Waals surface area contributed by atoms with Gasteiger partial charge in [-0.2, -0.15) is 0 Å². The Morgan fingerprint density at radius 3 is 2.67 bits per heavy atom. The Kier molecular flexibility index (Phi) is 4.90. The molecule has 0 unspecified atom stereocenters. The summed E-state index contributed by atoms with van der Waals surface area (Å²) in [6, 6.07) is 6.60. The lowest BCUT2D eigenvalue weighted by Gasteiger charge is -2.19. The van der Waals surface area contributed by atoms with Gasteiger partial charge in [-0.1, -0.05) is 31.5 Å². The second kappa shape index (κ2) is 6.44. The van der Waals surface area contributed by atoms with E-state index in [2.05, 4.69) is 19.2 Å². The highest BCUT2D eigenvalue weighted by Crippen LogP contribution is 2.29. The highest BCUT2D eigenvalue weighted by Gasteiger charge is 2.21. The van der Waals surface area contributed by atoms with E-state index in [1.807, 2.05) is 18.2 Å². The number of hydrogen-bond donors (Lipinski definition) is 1. The van der Waals surface area contributed by atoms with Gasteiger partial charge in [-0.25, -0.2) is 0 Å². The Balaban J connectivity index is 2.08. The van der Waals surface area contributed by atoms with Crippen molar-refractivity contribution in [1.29, 1.82) is 0 Å². The van der Waals surface area contributed by atoms with Crippen molar-refractivity contribution in [1.82, 2.24) is 5.32 Å². The van der Waals surface area contributed by atoms with Gasteiger partial charge in [-0.05, 0) is 37.8 Å². The van der Waals surface area contributed by atoms with E-state index in [4.69, 9.17) is 16.3 Å². The molecular weight excluding hydrogens is 246 g/mol. The zero-order chi connectivity index (χ0) is 13.0. The van der Waals surface area contributed by atoms with Gasteiger partial charge >= 0.3 is 0 Å². The molecule has 3 heteroatoms. The first-order valence-corrected chi connectivity index (χ1v) is 7.29. The fourth-order valence-electron chi connectivity index (χ4n) is 1.99. The van der Waals surface area contributed by atoms with Crippen molar-refractivity contribution < 1.29 is 4.74 Å². The summed E-state index contributed by atoms with van der Waals surface area (Å²) in [4.78, 5) is 0. The third-order valence-electron chi connectivity index (χ3n) is 3.43. The third-order valence-corrected chi connectivity index (χ3v) is 3.78. The van der Waals surface area contributed by atoms with Gasteiger partial charge in [0.1, 0.15) is 5.75 Å². The first-order chi connectivity index (χ1) is 8.74. The Bertz CT molecular complexity index is 386. The lowest BCUT2D eigenvalue weighted by atomic mass is 10.1. The van der Waals surface area contributed by atoms with Gasteiger partial charge in [0.25, 0.3) is 0 Å². The van der Waals surface area contributed by atoms with Crippen molar-refractivity contribution in [3.8, 4) is 5.75 Å². The van der Waals surface area contributed by atoms with E-state index in [1.165, 1.54) is 12.8 Å². The number of benzene rings is 1. The minimum absolute atomic E-state index is 0.281. The minimum atomic E-state index is 0.281. The Morgan fingerprint density at radius 1 is 1.33 bits per heavy atom. The average molecular weight is 268 g/mol. The number of nitrogens with one attached hydrogen (secondary N) is 1. The number of rotatable bonds is 7. The molecule has 2 rings (SSSR count). The summed E-state index contributed by atoms with van der Waals surface area (Å²) in [6.07, 6.45) is 4.90. The van der Waals surface area contributed by atoms with Gasteiger partial charge in [-0.3, -0.25) is 0 Å². The number of ether oxygens (including phenoxy) is 1. The molecule has 1 aromatic rings. The van der Waals surface area contributed by atoms with Crippen LogP contribution >= 0.6 is 11.6 Å². The van der Waals surface area contributed by atoms with Gasteiger partial charge in [0.2, 0.25) is 0 Å². The fourth-order valence-corrected chi connectivity index (χ4v) is 2.22. The van der Waals surface area contributed by atoms with E-state index < -0.39 is 0 Å². The van der Waals surface area contributed by atoms with Crippen LogP contribution < -0.4 is 10.1 Å². The van der Waals surface area contributed by atoms with Crippen LogP contribution in [0.4, 0.5) is 0 Å². The zero-order valence-electron chi connectivity index (χ0n) is 11.2. The molecule has 1 aliphatic rings. The molecule has 0 atom stereocenters. The zero-order valence-corrected chi connectivity index (χ0v) is 12.0. The molecule has 1 saturated carbocycles. The topological polar surface area (TPSA) is 21.3 Å². The predicted octanol–water partition coefficient (Wildman–Crippen LogP) is 4.16. The van der Waals surface area contributed by atoms with Crippen LogP contribution in [0.5, 0.6) is 5.75 Å². The third kappa shape index (κ3) is 3.63. The van der Waals surface area contributed by atoms with Crippen molar-refractivity contribution >= 4 is 11.6 Å². The molecule has 0 amide bonds. The molecule has 1 fully saturated rings. The lowest BCUT2D eigenvalue weighted by Crippen LogP contribution is -2.19. The van der Waals surface area contributed by atoms with Crippen molar-refractivity contribution in [2.45, 2.75) is 58.2 Å². The Labute approximate surface area is 115 Å². The summed E-state index contributed by atoms with van der Waals surface area (Å²) in [6.45, 7) is 5.11. The Morgan fingerprint density at radius 2 is 2.06 bits per heavy atom. The van der Waals surface area contributed by atoms with Crippen LogP contribution in [0.15, 0.2) is 18.2 Å². The summed E-state index contributed by atoms with van der Waals surface area (Å²) in [5, 5.41) is 4.30. The van der Waals surface area contributed by atoms with Crippen molar-refractivity contribution in [2.75, 3.05) is 0 Å². The highest BCUT2D eigenvalue weighted by molar-refractivity contribution is 6.31. The smallest absolute Gasteiger partial charge is 0.125 e. The molecule has 100 valence electrons. The second-order valence-corrected chi connectivity index (χ2v) is 5.34. The average Bonchev–Trinajstić information content (AvgIpc) is 3.19.